The summed E-state index contributed by atoms with van der Waals surface area (Å²) in [5.41, 5.74) is 1.96. The second-order valence-corrected chi connectivity index (χ2v) is 6.92. The molecule has 0 unspecified atom stereocenters. The number of hydrogen-bond acceptors (Lipinski definition) is 4. The smallest absolute Gasteiger partial charge is 0.223 e. The average Bonchev–Trinajstić information content (AvgIpc) is 3.13. The monoisotopic (exact) mass is 351 g/mol. The molecule has 5 heteroatoms. The van der Waals surface area contributed by atoms with Crippen molar-refractivity contribution in [2.45, 2.75) is 19.3 Å². The number of piperidine rings is 1. The largest absolute Gasteiger partial charge is 0.356 e. The Morgan fingerprint density at radius 3 is 2.96 bits per heavy atom. The van der Waals surface area contributed by atoms with Gasteiger partial charge in [0.25, 0.3) is 0 Å². The van der Waals surface area contributed by atoms with Crippen molar-refractivity contribution < 1.29 is 9.32 Å². The van der Waals surface area contributed by atoms with E-state index in [-0.39, 0.29) is 5.91 Å². The predicted molar refractivity (Wildman–Crippen MR) is 101 cm³/mol. The molecule has 1 aromatic heterocycles. The number of carbonyl (C=O) groups is 1. The normalized spacial score (nSPS) is 19.7. The number of benzene rings is 1. The van der Waals surface area contributed by atoms with Gasteiger partial charge in [0.2, 0.25) is 5.91 Å². The number of aromatic nitrogens is 1. The van der Waals surface area contributed by atoms with Crippen LogP contribution in [-0.2, 0) is 11.2 Å². The van der Waals surface area contributed by atoms with E-state index in [1.807, 2.05) is 36.4 Å². The summed E-state index contributed by atoms with van der Waals surface area (Å²) in [5, 5.41) is 7.68. The first-order valence-corrected chi connectivity index (χ1v) is 9.06. The lowest BCUT2D eigenvalue weighted by atomic mass is 9.81. The maximum atomic E-state index is 12.4. The third kappa shape index (κ3) is 4.53. The van der Waals surface area contributed by atoms with Gasteiger partial charge in [-0.05, 0) is 37.8 Å². The number of hydrogen-bond donors (Lipinski definition) is 1. The lowest BCUT2D eigenvalue weighted by molar-refractivity contribution is -0.131. The molecule has 1 aliphatic rings. The van der Waals surface area contributed by atoms with Crippen molar-refractivity contribution in [3.8, 4) is 23.7 Å². The van der Waals surface area contributed by atoms with E-state index < -0.39 is 0 Å². The minimum Gasteiger partial charge on any atom is -0.356 e. The molecule has 0 bridgehead atoms. The summed E-state index contributed by atoms with van der Waals surface area (Å²) in [4.78, 5) is 14.0. The fourth-order valence-electron chi connectivity index (χ4n) is 3.51. The molecule has 1 fully saturated rings. The van der Waals surface area contributed by atoms with Crippen LogP contribution < -0.4 is 5.32 Å². The summed E-state index contributed by atoms with van der Waals surface area (Å²) >= 11 is 0. The van der Waals surface area contributed by atoms with E-state index >= 15 is 0 Å². The van der Waals surface area contributed by atoms with E-state index in [0.717, 1.165) is 42.9 Å². The van der Waals surface area contributed by atoms with Gasteiger partial charge in [0, 0.05) is 25.1 Å². The number of rotatable bonds is 6. The number of amides is 1. The average molecular weight is 351 g/mol. The molecule has 0 radical (unpaired) electrons. The van der Waals surface area contributed by atoms with Crippen LogP contribution in [0, 0.1) is 24.2 Å². The van der Waals surface area contributed by atoms with Crippen LogP contribution in [0.1, 0.15) is 18.5 Å². The Kier molecular flexibility index (Phi) is 6.08. The van der Waals surface area contributed by atoms with Gasteiger partial charge in [0.05, 0.1) is 12.2 Å². The molecule has 5 nitrogen and oxygen atoms in total. The standard InChI is InChI=1S/C21H25N3O2/c1-3-11-24(2)21(25)13-17-9-10-22-15-18(17)12-19-14-20(26-23-19)16-7-5-4-6-8-16/h1,4-8,14,17-18,22H,9-13,15H2,2H3/t17-,18+/m1/s1. The van der Waals surface area contributed by atoms with E-state index in [2.05, 4.69) is 16.4 Å². The van der Waals surface area contributed by atoms with Crippen LogP contribution in [-0.4, -0.2) is 42.6 Å². The molecular weight excluding hydrogens is 326 g/mol. The van der Waals surface area contributed by atoms with Crippen LogP contribution >= 0.6 is 0 Å². The van der Waals surface area contributed by atoms with Crippen molar-refractivity contribution in [2.75, 3.05) is 26.7 Å². The summed E-state index contributed by atoms with van der Waals surface area (Å²) in [6.07, 6.45) is 7.64. The van der Waals surface area contributed by atoms with Crippen molar-refractivity contribution in [1.29, 1.82) is 0 Å². The van der Waals surface area contributed by atoms with Gasteiger partial charge >= 0.3 is 0 Å². The lowest BCUT2D eigenvalue weighted by Gasteiger charge is -2.32. The predicted octanol–water partition coefficient (Wildman–Crippen LogP) is 2.59. The Morgan fingerprint density at radius 2 is 2.19 bits per heavy atom. The summed E-state index contributed by atoms with van der Waals surface area (Å²) in [7, 11) is 1.77. The Balaban J connectivity index is 1.64. The molecule has 136 valence electrons. The highest BCUT2D eigenvalue weighted by molar-refractivity contribution is 5.76. The topological polar surface area (TPSA) is 58.4 Å². The molecule has 2 atom stereocenters. The van der Waals surface area contributed by atoms with E-state index in [9.17, 15) is 4.79 Å². The van der Waals surface area contributed by atoms with Gasteiger partial charge in [-0.25, -0.2) is 0 Å². The Morgan fingerprint density at radius 1 is 1.38 bits per heavy atom. The Labute approximate surface area is 154 Å². The number of terminal acetylenes is 1. The molecule has 1 aliphatic heterocycles. The molecule has 3 rings (SSSR count). The molecule has 26 heavy (non-hydrogen) atoms. The molecule has 0 spiro atoms. The highest BCUT2D eigenvalue weighted by atomic mass is 16.5. The summed E-state index contributed by atoms with van der Waals surface area (Å²) < 4.78 is 5.51. The number of carbonyl (C=O) groups excluding carboxylic acids is 1. The maximum Gasteiger partial charge on any atom is 0.223 e. The third-order valence-electron chi connectivity index (χ3n) is 5.04. The van der Waals surface area contributed by atoms with Gasteiger partial charge in [-0.15, -0.1) is 6.42 Å². The SMILES string of the molecule is C#CCN(C)C(=O)C[C@H]1CCNC[C@@H]1Cc1cc(-c2ccccc2)on1. The van der Waals surface area contributed by atoms with E-state index in [4.69, 9.17) is 10.9 Å². The quantitative estimate of drug-likeness (QED) is 0.813. The summed E-state index contributed by atoms with van der Waals surface area (Å²) in [6.45, 7) is 2.20. The second kappa shape index (κ2) is 8.68. The zero-order valence-electron chi connectivity index (χ0n) is 15.1. The first-order valence-electron chi connectivity index (χ1n) is 9.06. The molecule has 0 aliphatic carbocycles. The first-order chi connectivity index (χ1) is 12.7. The third-order valence-corrected chi connectivity index (χ3v) is 5.04. The molecular formula is C21H25N3O2. The Bertz CT molecular complexity index is 763. The minimum absolute atomic E-state index is 0.116. The van der Waals surface area contributed by atoms with Crippen LogP contribution in [0.5, 0.6) is 0 Å². The zero-order chi connectivity index (χ0) is 18.4. The van der Waals surface area contributed by atoms with Gasteiger partial charge in [0.1, 0.15) is 0 Å². The molecule has 1 saturated heterocycles. The van der Waals surface area contributed by atoms with Crippen molar-refractivity contribution in [3.63, 3.8) is 0 Å². The summed E-state index contributed by atoms with van der Waals surface area (Å²) in [6, 6.07) is 12.0. The van der Waals surface area contributed by atoms with E-state index in [0.29, 0.717) is 24.8 Å². The maximum absolute atomic E-state index is 12.4. The van der Waals surface area contributed by atoms with Gasteiger partial charge in [-0.1, -0.05) is 41.4 Å². The van der Waals surface area contributed by atoms with Crippen LogP contribution in [0.15, 0.2) is 40.9 Å². The molecule has 2 aromatic rings. The van der Waals surface area contributed by atoms with Crippen molar-refractivity contribution >= 4 is 5.91 Å². The fourth-order valence-corrected chi connectivity index (χ4v) is 3.51. The fraction of sp³-hybridized carbons (Fsp3) is 0.429. The van der Waals surface area contributed by atoms with Crippen molar-refractivity contribution in [2.24, 2.45) is 11.8 Å². The van der Waals surface area contributed by atoms with E-state index in [1.54, 1.807) is 11.9 Å². The van der Waals surface area contributed by atoms with Gasteiger partial charge in [-0.3, -0.25) is 4.79 Å². The van der Waals surface area contributed by atoms with Gasteiger partial charge < -0.3 is 14.7 Å². The molecule has 2 heterocycles. The highest BCUT2D eigenvalue weighted by Gasteiger charge is 2.29. The number of nitrogens with one attached hydrogen (secondary N) is 1. The lowest BCUT2D eigenvalue weighted by Crippen LogP contribution is -2.40. The molecule has 1 amide bonds. The minimum atomic E-state index is 0.116. The molecule has 1 aromatic carbocycles. The first kappa shape index (κ1) is 18.2. The van der Waals surface area contributed by atoms with Crippen LogP contribution in [0.4, 0.5) is 0 Å². The van der Waals surface area contributed by atoms with Crippen LogP contribution in [0.3, 0.4) is 0 Å². The molecule has 1 N–H and O–H groups in total. The number of nitrogens with zero attached hydrogens (tertiary/aromatic N) is 2. The van der Waals surface area contributed by atoms with Crippen molar-refractivity contribution in [3.05, 3.63) is 42.1 Å². The van der Waals surface area contributed by atoms with Gasteiger partial charge in [-0.2, -0.15) is 0 Å². The zero-order valence-corrected chi connectivity index (χ0v) is 15.1. The highest BCUT2D eigenvalue weighted by Crippen LogP contribution is 2.28. The van der Waals surface area contributed by atoms with Crippen molar-refractivity contribution in [1.82, 2.24) is 15.4 Å². The van der Waals surface area contributed by atoms with Crippen LogP contribution in [0.25, 0.3) is 11.3 Å². The van der Waals surface area contributed by atoms with Gasteiger partial charge in [0.15, 0.2) is 5.76 Å². The molecule has 0 saturated carbocycles. The summed E-state index contributed by atoms with van der Waals surface area (Å²) in [5.74, 6) is 4.12. The Hall–Kier alpha value is -2.58. The second-order valence-electron chi connectivity index (χ2n) is 6.92. The van der Waals surface area contributed by atoms with Crippen LogP contribution in [0.2, 0.25) is 0 Å². The van der Waals surface area contributed by atoms with E-state index in [1.165, 1.54) is 0 Å².